The summed E-state index contributed by atoms with van der Waals surface area (Å²) < 4.78 is 37.9. The van der Waals surface area contributed by atoms with E-state index in [4.69, 9.17) is 14.5 Å². The summed E-state index contributed by atoms with van der Waals surface area (Å²) in [7, 11) is 1.54. The maximum absolute atomic E-state index is 13.0. The number of para-hydroxylation sites is 1. The van der Waals surface area contributed by atoms with Crippen LogP contribution in [0, 0.1) is 0 Å². The molecule has 2 aromatic heterocycles. The van der Waals surface area contributed by atoms with Crippen LogP contribution in [0.3, 0.4) is 0 Å². The Morgan fingerprint density at radius 2 is 2.09 bits per heavy atom. The van der Waals surface area contributed by atoms with Crippen molar-refractivity contribution in [3.8, 4) is 5.75 Å². The number of ether oxygens (including phenoxy) is 2. The number of rotatable bonds is 7. The number of aliphatic imine (C=N–C) groups is 1. The molecule has 166 valence electrons. The molecular weight excluding hydrogens is 414 g/mol. The summed E-state index contributed by atoms with van der Waals surface area (Å²) in [5.41, 5.74) is 5.29. The van der Waals surface area contributed by atoms with E-state index >= 15 is 0 Å². The molecule has 3 aromatic rings. The standard InChI is InChI=1S/C24H24F2N4O2/c1-15(8-11-21(27-2)31-3)16-9-10-20-29-18-12-13-28-22(23(18)30(20)14-16)17-6-4-5-7-19(17)32-24(25)26/h4-11,14,22,24,28H,2,12-13H2,1,3H3/b15-8+,21-11+. The molecular formula is C24H24F2N4O2. The fraction of sp³-hybridized carbons (Fsp3) is 0.250. The Bertz CT molecular complexity index is 1200. The summed E-state index contributed by atoms with van der Waals surface area (Å²) in [4.78, 5) is 8.58. The average Bonchev–Trinajstić information content (AvgIpc) is 3.17. The molecule has 0 amide bonds. The number of benzene rings is 1. The van der Waals surface area contributed by atoms with Gasteiger partial charge in [0, 0.05) is 30.8 Å². The van der Waals surface area contributed by atoms with E-state index in [1.165, 1.54) is 7.11 Å². The first-order valence-electron chi connectivity index (χ1n) is 10.2. The van der Waals surface area contributed by atoms with Crippen LogP contribution in [-0.2, 0) is 11.2 Å². The molecule has 1 aliphatic rings. The van der Waals surface area contributed by atoms with E-state index in [0.29, 0.717) is 18.0 Å². The van der Waals surface area contributed by atoms with E-state index in [2.05, 4.69) is 17.0 Å². The Hall–Kier alpha value is -3.52. The number of pyridine rings is 1. The second-order valence-electron chi connectivity index (χ2n) is 7.36. The minimum atomic E-state index is -2.89. The molecule has 3 heterocycles. The van der Waals surface area contributed by atoms with Crippen LogP contribution in [0.2, 0.25) is 0 Å². The summed E-state index contributed by atoms with van der Waals surface area (Å²) >= 11 is 0. The molecule has 0 saturated heterocycles. The number of imidazole rings is 1. The Morgan fingerprint density at radius 1 is 1.28 bits per heavy atom. The van der Waals surface area contributed by atoms with E-state index in [1.807, 2.05) is 41.8 Å². The highest BCUT2D eigenvalue weighted by atomic mass is 19.3. The smallest absolute Gasteiger partial charge is 0.387 e. The topological polar surface area (TPSA) is 60.2 Å². The number of allylic oxidation sites excluding steroid dienone is 3. The summed E-state index contributed by atoms with van der Waals surface area (Å²) in [6.45, 7) is 3.26. The van der Waals surface area contributed by atoms with Gasteiger partial charge in [-0.05, 0) is 43.0 Å². The lowest BCUT2D eigenvalue weighted by Gasteiger charge is -2.26. The summed E-state index contributed by atoms with van der Waals surface area (Å²) in [5, 5.41) is 3.44. The van der Waals surface area contributed by atoms with Crippen LogP contribution in [0.25, 0.3) is 11.2 Å². The van der Waals surface area contributed by atoms with Gasteiger partial charge in [-0.2, -0.15) is 8.78 Å². The van der Waals surface area contributed by atoms with Gasteiger partial charge in [0.15, 0.2) is 0 Å². The highest BCUT2D eigenvalue weighted by Crippen LogP contribution is 2.35. The normalized spacial score (nSPS) is 16.8. The maximum atomic E-state index is 13.0. The van der Waals surface area contributed by atoms with Crippen LogP contribution in [0.1, 0.15) is 35.5 Å². The van der Waals surface area contributed by atoms with Crippen LogP contribution in [0.15, 0.2) is 65.6 Å². The number of halogens is 2. The van der Waals surface area contributed by atoms with E-state index in [9.17, 15) is 8.78 Å². The van der Waals surface area contributed by atoms with Gasteiger partial charge in [0.2, 0.25) is 5.88 Å². The van der Waals surface area contributed by atoms with E-state index in [1.54, 1.807) is 24.3 Å². The highest BCUT2D eigenvalue weighted by Gasteiger charge is 2.29. The van der Waals surface area contributed by atoms with E-state index < -0.39 is 6.61 Å². The van der Waals surface area contributed by atoms with Crippen LogP contribution in [-0.4, -0.2) is 36.4 Å². The van der Waals surface area contributed by atoms with Gasteiger partial charge >= 0.3 is 6.61 Å². The molecule has 32 heavy (non-hydrogen) atoms. The SMILES string of the molecule is C=N/C(=C\C=C(/C)c1ccc2nc3c(n2c1)C(c1ccccc1OC(F)F)NCC3)OC. The number of hydrogen-bond acceptors (Lipinski definition) is 5. The molecule has 1 aromatic carbocycles. The van der Waals surface area contributed by atoms with Crippen LogP contribution in [0.5, 0.6) is 5.75 Å². The minimum Gasteiger partial charge on any atom is -0.481 e. The minimum absolute atomic E-state index is 0.157. The van der Waals surface area contributed by atoms with Gasteiger partial charge < -0.3 is 19.2 Å². The summed E-state index contributed by atoms with van der Waals surface area (Å²) in [5.74, 6) is 0.578. The van der Waals surface area contributed by atoms with Gasteiger partial charge in [-0.15, -0.1) is 0 Å². The second-order valence-corrected chi connectivity index (χ2v) is 7.36. The number of fused-ring (bicyclic) bond motifs is 3. The lowest BCUT2D eigenvalue weighted by atomic mass is 9.97. The molecule has 0 fully saturated rings. The van der Waals surface area contributed by atoms with Crippen LogP contribution >= 0.6 is 0 Å². The van der Waals surface area contributed by atoms with Crippen molar-refractivity contribution in [3.63, 3.8) is 0 Å². The predicted octanol–water partition coefficient (Wildman–Crippen LogP) is 4.76. The zero-order valence-corrected chi connectivity index (χ0v) is 17.9. The fourth-order valence-electron chi connectivity index (χ4n) is 3.92. The molecule has 0 spiro atoms. The Balaban J connectivity index is 1.80. The molecule has 6 nitrogen and oxygen atoms in total. The Morgan fingerprint density at radius 3 is 2.84 bits per heavy atom. The van der Waals surface area contributed by atoms with Crippen LogP contribution < -0.4 is 10.1 Å². The molecule has 8 heteroatoms. The van der Waals surface area contributed by atoms with Gasteiger partial charge in [-0.1, -0.05) is 24.3 Å². The third kappa shape index (κ3) is 4.27. The summed E-state index contributed by atoms with van der Waals surface area (Å²) in [6, 6.07) is 10.5. The molecule has 0 saturated carbocycles. The molecule has 1 atom stereocenters. The van der Waals surface area contributed by atoms with Gasteiger partial charge in [0.05, 0.1) is 24.5 Å². The number of hydrogen-bond donors (Lipinski definition) is 1. The van der Waals surface area contributed by atoms with Crippen LogP contribution in [0.4, 0.5) is 8.78 Å². The molecule has 0 bridgehead atoms. The van der Waals surface area contributed by atoms with Crippen molar-refractivity contribution in [1.29, 1.82) is 0 Å². The van der Waals surface area contributed by atoms with Gasteiger partial charge in [0.1, 0.15) is 11.4 Å². The van der Waals surface area contributed by atoms with Crippen molar-refractivity contribution in [2.45, 2.75) is 26.0 Å². The Labute approximate surface area is 184 Å². The first-order chi connectivity index (χ1) is 15.5. The first kappa shape index (κ1) is 21.7. The molecule has 1 unspecified atom stereocenters. The predicted molar refractivity (Wildman–Crippen MR) is 120 cm³/mol. The average molecular weight is 438 g/mol. The van der Waals surface area contributed by atoms with Gasteiger partial charge in [-0.3, -0.25) is 0 Å². The molecule has 0 aliphatic carbocycles. The number of nitrogens with zero attached hydrogens (tertiary/aromatic N) is 3. The Kier molecular flexibility index (Phi) is 6.32. The maximum Gasteiger partial charge on any atom is 0.387 e. The van der Waals surface area contributed by atoms with Crippen molar-refractivity contribution < 1.29 is 18.3 Å². The van der Waals surface area contributed by atoms with Gasteiger partial charge in [-0.25, -0.2) is 9.98 Å². The van der Waals surface area contributed by atoms with E-state index in [0.717, 1.165) is 34.6 Å². The zero-order chi connectivity index (χ0) is 22.7. The third-order valence-electron chi connectivity index (χ3n) is 5.46. The first-order valence-corrected chi connectivity index (χ1v) is 10.2. The molecule has 1 aliphatic heterocycles. The lowest BCUT2D eigenvalue weighted by molar-refractivity contribution is -0.0506. The van der Waals surface area contributed by atoms with E-state index in [-0.39, 0.29) is 11.8 Å². The number of methoxy groups -OCH3 is 1. The number of nitrogens with one attached hydrogen (secondary N) is 1. The summed E-state index contributed by atoms with van der Waals surface area (Å²) in [6.07, 6.45) is 6.41. The largest absolute Gasteiger partial charge is 0.481 e. The highest BCUT2D eigenvalue weighted by molar-refractivity contribution is 5.66. The number of aromatic nitrogens is 2. The quantitative estimate of drug-likeness (QED) is 0.328. The monoisotopic (exact) mass is 438 g/mol. The lowest BCUT2D eigenvalue weighted by Crippen LogP contribution is -2.31. The molecule has 4 rings (SSSR count). The van der Waals surface area contributed by atoms with Gasteiger partial charge in [0.25, 0.3) is 0 Å². The molecule has 0 radical (unpaired) electrons. The van der Waals surface area contributed by atoms with Crippen molar-refractivity contribution in [2.75, 3.05) is 13.7 Å². The van der Waals surface area contributed by atoms with Crippen molar-refractivity contribution in [3.05, 3.63) is 83.1 Å². The van der Waals surface area contributed by atoms with Crippen molar-refractivity contribution >= 4 is 17.9 Å². The second kappa shape index (κ2) is 9.32. The van der Waals surface area contributed by atoms with Crippen molar-refractivity contribution in [1.82, 2.24) is 14.7 Å². The third-order valence-corrected chi connectivity index (χ3v) is 5.46. The molecule has 1 N–H and O–H groups in total. The number of alkyl halides is 2. The fourth-order valence-corrected chi connectivity index (χ4v) is 3.92. The zero-order valence-electron chi connectivity index (χ0n) is 17.9. The van der Waals surface area contributed by atoms with Crippen molar-refractivity contribution in [2.24, 2.45) is 4.99 Å².